The summed E-state index contributed by atoms with van der Waals surface area (Å²) >= 11 is 0. The van der Waals surface area contributed by atoms with Crippen LogP contribution in [0.3, 0.4) is 0 Å². The van der Waals surface area contributed by atoms with Crippen molar-refractivity contribution in [1.82, 2.24) is 16.1 Å². The number of nitrogens with two attached hydrogens (primary N) is 1. The molecule has 0 bridgehead atoms. The molecule has 3 rings (SSSR count). The van der Waals surface area contributed by atoms with E-state index in [1.54, 1.807) is 12.1 Å². The minimum atomic E-state index is -0.502. The number of halogens is 1. The Labute approximate surface area is 121 Å². The van der Waals surface area contributed by atoms with E-state index in [4.69, 9.17) is 10.2 Å². The molecule has 0 spiro atoms. The van der Waals surface area contributed by atoms with Crippen molar-refractivity contribution in [3.8, 4) is 11.5 Å². The Morgan fingerprint density at radius 2 is 1.81 bits per heavy atom. The molecule has 3 aromatic rings. The van der Waals surface area contributed by atoms with Gasteiger partial charge in [0.15, 0.2) is 11.6 Å². The number of hydrogen-bond acceptors (Lipinski definition) is 5. The molecule has 0 aliphatic carbocycles. The van der Waals surface area contributed by atoms with E-state index in [1.807, 2.05) is 30.3 Å². The number of benzene rings is 1. The second kappa shape index (κ2) is 6.15. The first-order valence-electron chi connectivity index (χ1n) is 6.14. The first-order chi connectivity index (χ1) is 9.74. The maximum absolute atomic E-state index is 14.5. The molecule has 108 valence electrons. The van der Waals surface area contributed by atoms with Gasteiger partial charge < -0.3 is 16.3 Å². The molecular weight excluding hydrogens is 271 g/mol. The summed E-state index contributed by atoms with van der Waals surface area (Å²) < 4.78 is 19.6. The summed E-state index contributed by atoms with van der Waals surface area (Å²) in [5.41, 5.74) is 6.96. The molecule has 0 saturated heterocycles. The predicted octanol–water partition coefficient (Wildman–Crippen LogP) is 3.21. The molecule has 21 heavy (non-hydrogen) atoms. The average Bonchev–Trinajstić information content (AvgIpc) is 2.97. The van der Waals surface area contributed by atoms with Gasteiger partial charge in [0, 0.05) is 6.42 Å². The number of hydrogen-bond donors (Lipinski definition) is 2. The highest BCUT2D eigenvalue weighted by Gasteiger charge is 2.17. The summed E-state index contributed by atoms with van der Waals surface area (Å²) in [7, 11) is 0. The maximum atomic E-state index is 14.5. The molecule has 0 aliphatic rings. The molecule has 0 unspecified atom stereocenters. The number of furan rings is 1. The smallest absolute Gasteiger partial charge is 0.221 e. The first-order valence-corrected chi connectivity index (χ1v) is 6.14. The molecular formula is C15H15FN4O. The fraction of sp³-hybridized carbons (Fsp3) is 0.0667. The van der Waals surface area contributed by atoms with Crippen LogP contribution in [0.2, 0.25) is 0 Å². The second-order valence-corrected chi connectivity index (χ2v) is 4.33. The summed E-state index contributed by atoms with van der Waals surface area (Å²) in [6.45, 7) is 0. The molecule has 0 amide bonds. The van der Waals surface area contributed by atoms with Gasteiger partial charge in [-0.05, 0) is 17.7 Å². The minimum absolute atomic E-state index is 0. The largest absolute Gasteiger partial charge is 0.463 e. The SMILES string of the molecule is N.Nc1nc(Cc2ccccc2)c(F)c(-c2ccco2)n1. The second-order valence-electron chi connectivity index (χ2n) is 4.33. The number of anilines is 1. The van der Waals surface area contributed by atoms with Gasteiger partial charge in [-0.25, -0.2) is 14.4 Å². The van der Waals surface area contributed by atoms with Gasteiger partial charge in [-0.1, -0.05) is 30.3 Å². The van der Waals surface area contributed by atoms with Gasteiger partial charge in [0.1, 0.15) is 5.69 Å². The Kier molecular flexibility index (Phi) is 4.30. The lowest BCUT2D eigenvalue weighted by Gasteiger charge is -2.07. The van der Waals surface area contributed by atoms with Crippen molar-refractivity contribution in [2.45, 2.75) is 6.42 Å². The highest BCUT2D eigenvalue weighted by atomic mass is 19.1. The Hall–Kier alpha value is -2.73. The van der Waals surface area contributed by atoms with Gasteiger partial charge in [-0.3, -0.25) is 0 Å². The van der Waals surface area contributed by atoms with E-state index in [9.17, 15) is 4.39 Å². The Bertz CT molecular complexity index is 714. The van der Waals surface area contributed by atoms with Crippen LogP contribution < -0.4 is 11.9 Å². The minimum Gasteiger partial charge on any atom is -0.463 e. The van der Waals surface area contributed by atoms with Gasteiger partial charge in [0.05, 0.1) is 12.0 Å². The lowest BCUT2D eigenvalue weighted by Crippen LogP contribution is -2.06. The summed E-state index contributed by atoms with van der Waals surface area (Å²) in [6.07, 6.45) is 1.82. The Balaban J connectivity index is 0.00000161. The third-order valence-corrected chi connectivity index (χ3v) is 2.91. The third kappa shape index (κ3) is 3.06. The summed E-state index contributed by atoms with van der Waals surface area (Å²) in [4.78, 5) is 7.90. The van der Waals surface area contributed by atoms with E-state index in [0.29, 0.717) is 12.2 Å². The molecule has 0 atom stereocenters. The highest BCUT2D eigenvalue weighted by molar-refractivity contribution is 5.55. The highest BCUT2D eigenvalue weighted by Crippen LogP contribution is 2.24. The lowest BCUT2D eigenvalue weighted by molar-refractivity contribution is 0.557. The van der Waals surface area contributed by atoms with Gasteiger partial charge >= 0.3 is 0 Å². The van der Waals surface area contributed by atoms with E-state index in [0.717, 1.165) is 5.56 Å². The van der Waals surface area contributed by atoms with Crippen molar-refractivity contribution in [3.05, 3.63) is 65.8 Å². The Morgan fingerprint density at radius 3 is 2.48 bits per heavy atom. The Morgan fingerprint density at radius 1 is 1.05 bits per heavy atom. The van der Waals surface area contributed by atoms with Crippen LogP contribution in [0.5, 0.6) is 0 Å². The molecule has 0 aliphatic heterocycles. The molecule has 2 aromatic heterocycles. The zero-order valence-corrected chi connectivity index (χ0v) is 11.3. The first kappa shape index (κ1) is 14.7. The van der Waals surface area contributed by atoms with Crippen LogP contribution in [0.15, 0.2) is 53.1 Å². The quantitative estimate of drug-likeness (QED) is 0.770. The molecule has 5 N–H and O–H groups in total. The molecule has 0 fully saturated rings. The van der Waals surface area contributed by atoms with Gasteiger partial charge in [0.25, 0.3) is 0 Å². The van der Waals surface area contributed by atoms with E-state index in [2.05, 4.69) is 9.97 Å². The van der Waals surface area contributed by atoms with E-state index < -0.39 is 5.82 Å². The summed E-state index contributed by atoms with van der Waals surface area (Å²) in [6, 6.07) is 12.8. The van der Waals surface area contributed by atoms with Crippen LogP contribution in [-0.2, 0) is 6.42 Å². The van der Waals surface area contributed by atoms with Gasteiger partial charge in [-0.15, -0.1) is 0 Å². The zero-order chi connectivity index (χ0) is 13.9. The normalized spacial score (nSPS) is 10.1. The van der Waals surface area contributed by atoms with Crippen LogP contribution >= 0.6 is 0 Å². The van der Waals surface area contributed by atoms with E-state index in [-0.39, 0.29) is 23.5 Å². The summed E-state index contributed by atoms with van der Waals surface area (Å²) in [5, 5.41) is 0. The van der Waals surface area contributed by atoms with Crippen molar-refractivity contribution < 1.29 is 8.81 Å². The van der Waals surface area contributed by atoms with E-state index in [1.165, 1.54) is 6.26 Å². The van der Waals surface area contributed by atoms with Crippen molar-refractivity contribution in [1.29, 1.82) is 0 Å². The van der Waals surface area contributed by atoms with Gasteiger partial charge in [-0.2, -0.15) is 0 Å². The number of rotatable bonds is 3. The topological polar surface area (TPSA) is 99.9 Å². The fourth-order valence-corrected chi connectivity index (χ4v) is 2.00. The summed E-state index contributed by atoms with van der Waals surface area (Å²) in [5.74, 6) is -0.132. The molecule has 0 saturated carbocycles. The molecule has 2 heterocycles. The van der Waals surface area contributed by atoms with Crippen LogP contribution in [-0.4, -0.2) is 9.97 Å². The van der Waals surface area contributed by atoms with Crippen molar-refractivity contribution >= 4 is 5.95 Å². The molecule has 1 aromatic carbocycles. The zero-order valence-electron chi connectivity index (χ0n) is 11.3. The average molecular weight is 286 g/mol. The molecule has 6 heteroatoms. The van der Waals surface area contributed by atoms with Crippen LogP contribution in [0.4, 0.5) is 10.3 Å². The number of aromatic nitrogens is 2. The molecule has 5 nitrogen and oxygen atoms in total. The maximum Gasteiger partial charge on any atom is 0.221 e. The lowest BCUT2D eigenvalue weighted by atomic mass is 10.1. The predicted molar refractivity (Wildman–Crippen MR) is 78.4 cm³/mol. The monoisotopic (exact) mass is 286 g/mol. The standard InChI is InChI=1S/C15H12FN3O.H3N/c16-13-11(9-10-5-2-1-3-6-10)18-15(17)19-14(13)12-7-4-8-20-12;/h1-8H,9H2,(H2,17,18,19);1H3. The fourth-order valence-electron chi connectivity index (χ4n) is 2.00. The van der Waals surface area contributed by atoms with Crippen molar-refractivity contribution in [2.75, 3.05) is 5.73 Å². The van der Waals surface area contributed by atoms with Crippen LogP contribution in [0, 0.1) is 5.82 Å². The number of nitrogen functional groups attached to an aromatic ring is 1. The van der Waals surface area contributed by atoms with Gasteiger partial charge in [0.2, 0.25) is 5.95 Å². The van der Waals surface area contributed by atoms with Crippen LogP contribution in [0.1, 0.15) is 11.3 Å². The van der Waals surface area contributed by atoms with Crippen molar-refractivity contribution in [3.63, 3.8) is 0 Å². The van der Waals surface area contributed by atoms with Crippen molar-refractivity contribution in [2.24, 2.45) is 0 Å². The van der Waals surface area contributed by atoms with Crippen LogP contribution in [0.25, 0.3) is 11.5 Å². The van der Waals surface area contributed by atoms with E-state index >= 15 is 0 Å². The third-order valence-electron chi connectivity index (χ3n) is 2.91. The molecule has 0 radical (unpaired) electrons. The number of nitrogens with zero attached hydrogens (tertiary/aromatic N) is 2.